The topological polar surface area (TPSA) is 49.6 Å². The van der Waals surface area contributed by atoms with Crippen LogP contribution in [-0.4, -0.2) is 10.2 Å². The van der Waals surface area contributed by atoms with Gasteiger partial charge in [-0.3, -0.25) is 0 Å². The molecule has 58 valence electrons. The summed E-state index contributed by atoms with van der Waals surface area (Å²) >= 11 is 2.92. The Balaban J connectivity index is 2.44. The van der Waals surface area contributed by atoms with E-state index in [9.17, 15) is 0 Å². The van der Waals surface area contributed by atoms with Gasteiger partial charge in [0.1, 0.15) is 6.07 Å². The van der Waals surface area contributed by atoms with Crippen molar-refractivity contribution in [3.05, 3.63) is 22.5 Å². The lowest BCUT2D eigenvalue weighted by Gasteiger charge is -1.81. The van der Waals surface area contributed by atoms with Crippen molar-refractivity contribution in [2.24, 2.45) is 0 Å². The van der Waals surface area contributed by atoms with Gasteiger partial charge in [-0.15, -0.1) is 21.5 Å². The Hall–Kier alpha value is -1.25. The van der Waals surface area contributed by atoms with Crippen LogP contribution in [0.2, 0.25) is 0 Å². The second kappa shape index (κ2) is 3.01. The van der Waals surface area contributed by atoms with Crippen molar-refractivity contribution in [3.63, 3.8) is 0 Å². The van der Waals surface area contributed by atoms with Crippen LogP contribution in [0.4, 0.5) is 0 Å². The van der Waals surface area contributed by atoms with Crippen LogP contribution in [0.3, 0.4) is 0 Å². The first-order chi connectivity index (χ1) is 5.90. The van der Waals surface area contributed by atoms with Gasteiger partial charge >= 0.3 is 0 Å². The Morgan fingerprint density at radius 1 is 1.42 bits per heavy atom. The first-order valence-corrected chi connectivity index (χ1v) is 4.87. The van der Waals surface area contributed by atoms with Crippen molar-refractivity contribution in [2.45, 2.75) is 0 Å². The highest BCUT2D eigenvalue weighted by Crippen LogP contribution is 2.26. The van der Waals surface area contributed by atoms with Crippen molar-refractivity contribution in [1.29, 1.82) is 5.26 Å². The smallest absolute Gasteiger partial charge is 0.190 e. The largest absolute Gasteiger partial charge is 0.218 e. The predicted octanol–water partition coefficient (Wildman–Crippen LogP) is 2.14. The van der Waals surface area contributed by atoms with Crippen molar-refractivity contribution < 1.29 is 0 Å². The molecule has 0 saturated heterocycles. The standard InChI is InChI=1S/C7H3N3S2/c8-4-6-9-10-7(12-6)5-2-1-3-11-5/h1-3H. The van der Waals surface area contributed by atoms with E-state index in [1.807, 2.05) is 23.6 Å². The van der Waals surface area contributed by atoms with E-state index in [0.29, 0.717) is 5.01 Å². The minimum Gasteiger partial charge on any atom is -0.190 e. The highest BCUT2D eigenvalue weighted by molar-refractivity contribution is 7.21. The minimum atomic E-state index is 0.415. The summed E-state index contributed by atoms with van der Waals surface area (Å²) in [6.45, 7) is 0. The lowest BCUT2D eigenvalue weighted by Crippen LogP contribution is -1.71. The first kappa shape index (κ1) is 7.40. The molecule has 0 aliphatic heterocycles. The number of aromatic nitrogens is 2. The molecule has 0 atom stereocenters. The maximum absolute atomic E-state index is 8.51. The third kappa shape index (κ3) is 1.22. The molecule has 0 saturated carbocycles. The monoisotopic (exact) mass is 193 g/mol. The lowest BCUT2D eigenvalue weighted by atomic mass is 10.5. The van der Waals surface area contributed by atoms with Gasteiger partial charge in [-0.05, 0) is 11.4 Å². The zero-order valence-corrected chi connectivity index (χ0v) is 7.52. The molecule has 0 aliphatic rings. The normalized spacial score (nSPS) is 9.58. The highest BCUT2D eigenvalue weighted by atomic mass is 32.1. The summed E-state index contributed by atoms with van der Waals surface area (Å²) in [5, 5.41) is 19.3. The molecule has 2 rings (SSSR count). The maximum Gasteiger partial charge on any atom is 0.218 e. The van der Waals surface area contributed by atoms with Crippen molar-refractivity contribution in [3.8, 4) is 16.0 Å². The predicted molar refractivity (Wildman–Crippen MR) is 47.9 cm³/mol. The number of rotatable bonds is 1. The van der Waals surface area contributed by atoms with Gasteiger partial charge in [0, 0.05) is 0 Å². The van der Waals surface area contributed by atoms with E-state index < -0.39 is 0 Å². The lowest BCUT2D eigenvalue weighted by molar-refractivity contribution is 1.08. The maximum atomic E-state index is 8.51. The molecule has 0 spiro atoms. The van der Waals surface area contributed by atoms with E-state index in [0.717, 1.165) is 9.88 Å². The number of nitriles is 1. The highest BCUT2D eigenvalue weighted by Gasteiger charge is 2.05. The molecule has 12 heavy (non-hydrogen) atoms. The Morgan fingerprint density at radius 3 is 2.92 bits per heavy atom. The van der Waals surface area contributed by atoms with Crippen molar-refractivity contribution >= 4 is 22.7 Å². The van der Waals surface area contributed by atoms with Gasteiger partial charge in [0.2, 0.25) is 5.01 Å². The van der Waals surface area contributed by atoms with Crippen LogP contribution >= 0.6 is 22.7 Å². The zero-order valence-electron chi connectivity index (χ0n) is 5.89. The fourth-order valence-electron chi connectivity index (χ4n) is 0.768. The molecule has 2 aromatic rings. The fourth-order valence-corrected chi connectivity index (χ4v) is 2.20. The number of thiophene rings is 1. The SMILES string of the molecule is N#Cc1nnc(-c2cccs2)s1. The van der Waals surface area contributed by atoms with Crippen LogP contribution in [0, 0.1) is 11.3 Å². The molecular weight excluding hydrogens is 190 g/mol. The first-order valence-electron chi connectivity index (χ1n) is 3.17. The van der Waals surface area contributed by atoms with E-state index >= 15 is 0 Å². The van der Waals surface area contributed by atoms with E-state index in [2.05, 4.69) is 10.2 Å². The molecule has 2 aromatic heterocycles. The molecule has 0 N–H and O–H groups in total. The molecular formula is C7H3N3S2. The molecule has 5 heteroatoms. The summed E-state index contributed by atoms with van der Waals surface area (Å²) in [7, 11) is 0. The second-order valence-corrected chi connectivity index (χ2v) is 3.93. The number of hydrogen-bond acceptors (Lipinski definition) is 5. The van der Waals surface area contributed by atoms with Crippen LogP contribution in [0.15, 0.2) is 17.5 Å². The van der Waals surface area contributed by atoms with E-state index in [1.165, 1.54) is 11.3 Å². The van der Waals surface area contributed by atoms with Crippen LogP contribution < -0.4 is 0 Å². The zero-order chi connectivity index (χ0) is 8.39. The Kier molecular flexibility index (Phi) is 1.86. The fraction of sp³-hybridized carbons (Fsp3) is 0. The van der Waals surface area contributed by atoms with Gasteiger partial charge in [0.25, 0.3) is 0 Å². The van der Waals surface area contributed by atoms with E-state index in [-0.39, 0.29) is 0 Å². The summed E-state index contributed by atoms with van der Waals surface area (Å²) in [6.07, 6.45) is 0. The third-order valence-electron chi connectivity index (χ3n) is 1.25. The third-order valence-corrected chi connectivity index (χ3v) is 3.12. The summed E-state index contributed by atoms with van der Waals surface area (Å²) in [6, 6.07) is 5.88. The average molecular weight is 193 g/mol. The van der Waals surface area contributed by atoms with Gasteiger partial charge in [-0.1, -0.05) is 17.4 Å². The Morgan fingerprint density at radius 2 is 2.33 bits per heavy atom. The van der Waals surface area contributed by atoms with Crippen molar-refractivity contribution in [1.82, 2.24) is 10.2 Å². The number of hydrogen-bond donors (Lipinski definition) is 0. The number of nitrogens with zero attached hydrogens (tertiary/aromatic N) is 3. The van der Waals surface area contributed by atoms with Crippen LogP contribution in [-0.2, 0) is 0 Å². The van der Waals surface area contributed by atoms with E-state index in [4.69, 9.17) is 5.26 Å². The molecule has 3 nitrogen and oxygen atoms in total. The molecule has 0 amide bonds. The molecule has 0 bridgehead atoms. The quantitative estimate of drug-likeness (QED) is 0.697. The summed E-state index contributed by atoms with van der Waals surface area (Å²) in [5.74, 6) is 0. The molecule has 0 aliphatic carbocycles. The van der Waals surface area contributed by atoms with Gasteiger partial charge in [-0.25, -0.2) is 0 Å². The van der Waals surface area contributed by atoms with Gasteiger partial charge in [0.15, 0.2) is 5.01 Å². The Bertz CT molecular complexity index is 410. The minimum absolute atomic E-state index is 0.415. The van der Waals surface area contributed by atoms with Gasteiger partial charge < -0.3 is 0 Å². The summed E-state index contributed by atoms with van der Waals surface area (Å²) in [5.41, 5.74) is 0. The molecule has 0 aromatic carbocycles. The van der Waals surface area contributed by atoms with E-state index in [1.54, 1.807) is 11.3 Å². The van der Waals surface area contributed by atoms with Gasteiger partial charge in [-0.2, -0.15) is 5.26 Å². The molecule has 0 radical (unpaired) electrons. The van der Waals surface area contributed by atoms with Crippen LogP contribution in [0.1, 0.15) is 5.01 Å². The van der Waals surface area contributed by atoms with Crippen LogP contribution in [0.25, 0.3) is 9.88 Å². The van der Waals surface area contributed by atoms with Crippen LogP contribution in [0.5, 0.6) is 0 Å². The molecule has 2 heterocycles. The van der Waals surface area contributed by atoms with Gasteiger partial charge in [0.05, 0.1) is 4.88 Å². The second-order valence-electron chi connectivity index (χ2n) is 2.00. The molecule has 0 unspecified atom stereocenters. The summed E-state index contributed by atoms with van der Waals surface area (Å²) in [4.78, 5) is 1.06. The summed E-state index contributed by atoms with van der Waals surface area (Å²) < 4.78 is 0. The Labute approximate surface area is 76.9 Å². The average Bonchev–Trinajstić information content (AvgIpc) is 2.75. The molecule has 0 fully saturated rings. The van der Waals surface area contributed by atoms with Crippen molar-refractivity contribution in [2.75, 3.05) is 0 Å².